The van der Waals surface area contributed by atoms with Crippen LogP contribution in [0.15, 0.2) is 24.3 Å². The number of amides is 3. The monoisotopic (exact) mass is 376 g/mol. The zero-order valence-electron chi connectivity index (χ0n) is 16.2. The first kappa shape index (κ1) is 20.7. The second kappa shape index (κ2) is 9.39. The van der Waals surface area contributed by atoms with Crippen LogP contribution in [0.2, 0.25) is 0 Å². The molecule has 1 aromatic rings. The molecule has 2 rings (SSSR count). The lowest BCUT2D eigenvalue weighted by Gasteiger charge is -2.21. The number of benzene rings is 1. The zero-order chi connectivity index (χ0) is 19.9. The van der Waals surface area contributed by atoms with Gasteiger partial charge in [-0.2, -0.15) is 0 Å². The van der Waals surface area contributed by atoms with E-state index < -0.39 is 11.7 Å². The van der Waals surface area contributed by atoms with E-state index in [1.54, 1.807) is 0 Å². The second-order valence-electron chi connectivity index (χ2n) is 7.56. The average Bonchev–Trinajstić information content (AvgIpc) is 2.57. The van der Waals surface area contributed by atoms with E-state index >= 15 is 0 Å². The van der Waals surface area contributed by atoms with Crippen LogP contribution in [0.5, 0.6) is 5.75 Å². The van der Waals surface area contributed by atoms with Crippen molar-refractivity contribution in [3.63, 3.8) is 0 Å². The number of carbonyl (C=O) groups excluding carboxylic acids is 3. The molecule has 1 saturated heterocycles. The van der Waals surface area contributed by atoms with E-state index in [2.05, 4.69) is 10.6 Å². The number of alkyl carbamates (subject to hydrolysis) is 1. The number of carbonyl (C=O) groups is 3. The van der Waals surface area contributed by atoms with Gasteiger partial charge in [-0.3, -0.25) is 14.9 Å². The van der Waals surface area contributed by atoms with Crippen LogP contribution in [-0.4, -0.2) is 36.7 Å². The van der Waals surface area contributed by atoms with Gasteiger partial charge in [-0.1, -0.05) is 12.1 Å². The van der Waals surface area contributed by atoms with Crippen LogP contribution in [0.3, 0.4) is 0 Å². The Hall–Kier alpha value is -2.57. The largest absolute Gasteiger partial charge is 0.494 e. The maximum Gasteiger partial charge on any atom is 0.407 e. The van der Waals surface area contributed by atoms with Crippen molar-refractivity contribution in [2.24, 2.45) is 0 Å². The molecule has 0 aromatic heterocycles. The van der Waals surface area contributed by atoms with Crippen molar-refractivity contribution in [2.75, 3.05) is 13.2 Å². The number of rotatable bonds is 7. The number of ether oxygens (including phenoxy) is 2. The normalized spacial score (nSPS) is 17.2. The molecule has 1 heterocycles. The van der Waals surface area contributed by atoms with Gasteiger partial charge in [-0.05, 0) is 57.7 Å². The van der Waals surface area contributed by atoms with Gasteiger partial charge in [0.25, 0.3) is 0 Å². The summed E-state index contributed by atoms with van der Waals surface area (Å²) in [7, 11) is 0. The van der Waals surface area contributed by atoms with Crippen LogP contribution in [0.4, 0.5) is 4.79 Å². The maximum atomic E-state index is 11.9. The van der Waals surface area contributed by atoms with E-state index in [0.29, 0.717) is 26.0 Å². The van der Waals surface area contributed by atoms with Gasteiger partial charge in [0.15, 0.2) is 0 Å². The van der Waals surface area contributed by atoms with E-state index in [1.807, 2.05) is 45.0 Å². The molecule has 1 aliphatic heterocycles. The van der Waals surface area contributed by atoms with Gasteiger partial charge in [0.2, 0.25) is 11.8 Å². The quantitative estimate of drug-likeness (QED) is 0.564. The van der Waals surface area contributed by atoms with Gasteiger partial charge >= 0.3 is 6.09 Å². The molecule has 2 N–H and O–H groups in total. The standard InChI is InChI=1S/C20H28N2O5/c1-20(2,3)27-19(25)21-12-4-5-13-26-15-8-6-14(7-9-15)16-10-11-17(23)22-18(16)24/h6-9,16H,4-5,10-13H2,1-3H3,(H,21,25)(H,22,23,24). The van der Waals surface area contributed by atoms with E-state index in [-0.39, 0.29) is 17.7 Å². The number of nitrogens with one attached hydrogen (secondary N) is 2. The highest BCUT2D eigenvalue weighted by Crippen LogP contribution is 2.26. The molecule has 1 aliphatic rings. The topological polar surface area (TPSA) is 93.7 Å². The minimum absolute atomic E-state index is 0.211. The Kier molecular flexibility index (Phi) is 7.21. The van der Waals surface area contributed by atoms with E-state index in [4.69, 9.17) is 9.47 Å². The van der Waals surface area contributed by atoms with Gasteiger partial charge in [-0.15, -0.1) is 0 Å². The highest BCUT2D eigenvalue weighted by atomic mass is 16.6. The molecule has 148 valence electrons. The molecule has 0 saturated carbocycles. The van der Waals surface area contributed by atoms with Crippen LogP contribution in [0.1, 0.15) is 57.9 Å². The molecule has 27 heavy (non-hydrogen) atoms. The van der Waals surface area contributed by atoms with Crippen LogP contribution in [0, 0.1) is 0 Å². The van der Waals surface area contributed by atoms with Crippen molar-refractivity contribution >= 4 is 17.9 Å². The molecule has 0 bridgehead atoms. The fraction of sp³-hybridized carbons (Fsp3) is 0.550. The average molecular weight is 376 g/mol. The summed E-state index contributed by atoms with van der Waals surface area (Å²) in [5.74, 6) is -0.00316. The molecular formula is C20H28N2O5. The Morgan fingerprint density at radius 1 is 1.19 bits per heavy atom. The van der Waals surface area contributed by atoms with Crippen molar-refractivity contribution < 1.29 is 23.9 Å². The van der Waals surface area contributed by atoms with E-state index in [9.17, 15) is 14.4 Å². The zero-order valence-corrected chi connectivity index (χ0v) is 16.2. The third-order valence-electron chi connectivity index (χ3n) is 4.03. The van der Waals surface area contributed by atoms with Gasteiger partial charge in [0, 0.05) is 13.0 Å². The fourth-order valence-electron chi connectivity index (χ4n) is 2.73. The summed E-state index contributed by atoms with van der Waals surface area (Å²) in [6.45, 7) is 6.55. The predicted octanol–water partition coefficient (Wildman–Crippen LogP) is 2.89. The predicted molar refractivity (Wildman–Crippen MR) is 101 cm³/mol. The van der Waals surface area contributed by atoms with Crippen LogP contribution in [-0.2, 0) is 14.3 Å². The van der Waals surface area contributed by atoms with Gasteiger partial charge in [0.1, 0.15) is 11.4 Å². The summed E-state index contributed by atoms with van der Waals surface area (Å²) in [6, 6.07) is 7.38. The molecule has 1 atom stereocenters. The summed E-state index contributed by atoms with van der Waals surface area (Å²) in [5.41, 5.74) is 0.390. The third kappa shape index (κ3) is 7.29. The minimum Gasteiger partial charge on any atom is -0.494 e. The fourth-order valence-corrected chi connectivity index (χ4v) is 2.73. The van der Waals surface area contributed by atoms with Gasteiger partial charge < -0.3 is 14.8 Å². The minimum atomic E-state index is -0.493. The summed E-state index contributed by atoms with van der Waals surface area (Å²) in [5, 5.41) is 5.08. The Morgan fingerprint density at radius 2 is 1.89 bits per heavy atom. The van der Waals surface area contributed by atoms with Gasteiger partial charge in [-0.25, -0.2) is 4.79 Å². The lowest BCUT2D eigenvalue weighted by atomic mass is 9.90. The second-order valence-corrected chi connectivity index (χ2v) is 7.56. The molecule has 7 heteroatoms. The number of unbranched alkanes of at least 4 members (excludes halogenated alkanes) is 1. The third-order valence-corrected chi connectivity index (χ3v) is 4.03. The summed E-state index contributed by atoms with van der Waals surface area (Å²) < 4.78 is 10.8. The van der Waals surface area contributed by atoms with Crippen molar-refractivity contribution in [3.05, 3.63) is 29.8 Å². The summed E-state index contributed by atoms with van der Waals surface area (Å²) in [6.07, 6.45) is 2.08. The molecule has 3 amide bonds. The first-order valence-corrected chi connectivity index (χ1v) is 9.28. The number of piperidine rings is 1. The van der Waals surface area contributed by atoms with Crippen molar-refractivity contribution in [3.8, 4) is 5.75 Å². The first-order chi connectivity index (χ1) is 12.7. The van der Waals surface area contributed by atoms with Crippen LogP contribution < -0.4 is 15.4 Å². The Labute approximate surface area is 159 Å². The molecule has 0 radical (unpaired) electrons. The van der Waals surface area contributed by atoms with Crippen LogP contribution >= 0.6 is 0 Å². The number of hydrogen-bond donors (Lipinski definition) is 2. The van der Waals surface area contributed by atoms with Crippen molar-refractivity contribution in [1.82, 2.24) is 10.6 Å². The lowest BCUT2D eigenvalue weighted by molar-refractivity contribution is -0.134. The Balaban J connectivity index is 1.65. The molecule has 1 aromatic carbocycles. The molecule has 0 aliphatic carbocycles. The smallest absolute Gasteiger partial charge is 0.407 e. The summed E-state index contributed by atoms with van der Waals surface area (Å²) in [4.78, 5) is 34.6. The Bertz CT molecular complexity index is 664. The molecule has 1 unspecified atom stereocenters. The number of imide groups is 1. The highest BCUT2D eigenvalue weighted by Gasteiger charge is 2.27. The SMILES string of the molecule is CC(C)(C)OC(=O)NCCCCOc1ccc(C2CCC(=O)NC2=O)cc1. The van der Waals surface area contributed by atoms with Crippen LogP contribution in [0.25, 0.3) is 0 Å². The first-order valence-electron chi connectivity index (χ1n) is 9.28. The molecule has 1 fully saturated rings. The van der Waals surface area contributed by atoms with Crippen molar-refractivity contribution in [2.45, 2.75) is 58.0 Å². The van der Waals surface area contributed by atoms with Crippen molar-refractivity contribution in [1.29, 1.82) is 0 Å². The lowest BCUT2D eigenvalue weighted by Crippen LogP contribution is -2.39. The van der Waals surface area contributed by atoms with E-state index in [0.717, 1.165) is 24.2 Å². The highest BCUT2D eigenvalue weighted by molar-refractivity contribution is 6.00. The number of hydrogen-bond acceptors (Lipinski definition) is 5. The molecule has 0 spiro atoms. The Morgan fingerprint density at radius 3 is 2.52 bits per heavy atom. The molecule has 7 nitrogen and oxygen atoms in total. The van der Waals surface area contributed by atoms with E-state index in [1.165, 1.54) is 0 Å². The maximum absolute atomic E-state index is 11.9. The molecular weight excluding hydrogens is 348 g/mol. The summed E-state index contributed by atoms with van der Waals surface area (Å²) >= 11 is 0. The van der Waals surface area contributed by atoms with Gasteiger partial charge in [0.05, 0.1) is 12.5 Å².